The fraction of sp³-hybridized carbons (Fsp3) is 0.889. The predicted octanol–water partition coefficient (Wildman–Crippen LogP) is 5.53. The van der Waals surface area contributed by atoms with Crippen LogP contribution in [0.2, 0.25) is 0 Å². The van der Waals surface area contributed by atoms with Crippen molar-refractivity contribution in [1.29, 1.82) is 0 Å². The maximum atomic E-state index is 11.2. The van der Waals surface area contributed by atoms with Crippen molar-refractivity contribution in [1.82, 2.24) is 0 Å². The van der Waals surface area contributed by atoms with E-state index in [1.807, 2.05) is 23.5 Å². The van der Waals surface area contributed by atoms with Crippen molar-refractivity contribution in [3.8, 4) is 0 Å². The molecule has 0 fully saturated rings. The number of rotatable bonds is 13. The molecule has 0 rings (SSSR count). The van der Waals surface area contributed by atoms with Crippen LogP contribution in [0.1, 0.15) is 80.1 Å². The quantitative estimate of drug-likeness (QED) is 0.411. The summed E-state index contributed by atoms with van der Waals surface area (Å²) in [5, 5.41) is 0. The first-order valence-electron chi connectivity index (χ1n) is 8.31. The first-order valence-corrected chi connectivity index (χ1v) is 10.3. The molecule has 0 aromatic carbocycles. The normalized spacial score (nSPS) is 12.5. The summed E-state index contributed by atoms with van der Waals surface area (Å²) in [7, 11) is 0. The van der Waals surface area contributed by atoms with E-state index in [0.29, 0.717) is 12.8 Å². The maximum absolute atomic E-state index is 11.2. The van der Waals surface area contributed by atoms with E-state index in [4.69, 9.17) is 0 Å². The Bertz CT molecular complexity index is 315. The summed E-state index contributed by atoms with van der Waals surface area (Å²) in [6, 6.07) is 0. The second-order valence-electron chi connectivity index (χ2n) is 7.39. The maximum Gasteiger partial charge on any atom is 0.131 e. The van der Waals surface area contributed by atoms with Crippen LogP contribution in [0.25, 0.3) is 0 Å². The highest BCUT2D eigenvalue weighted by atomic mass is 32.2. The van der Waals surface area contributed by atoms with Crippen LogP contribution in [0.4, 0.5) is 0 Å². The molecule has 0 N–H and O–H groups in total. The molecule has 4 heteroatoms. The molecular formula is C18H34O2S2. The van der Waals surface area contributed by atoms with Crippen LogP contribution in [-0.2, 0) is 9.59 Å². The Labute approximate surface area is 146 Å². The number of thioether (sulfide) groups is 2. The SMILES string of the molecule is CC(=O)CC(C)(C)SCCCCCCSC(C)(C)CC(C)=O. The van der Waals surface area contributed by atoms with E-state index < -0.39 is 0 Å². The van der Waals surface area contributed by atoms with Gasteiger partial charge in [-0.15, -0.1) is 0 Å². The van der Waals surface area contributed by atoms with Crippen LogP contribution in [0, 0.1) is 0 Å². The average molecular weight is 347 g/mol. The molecule has 0 saturated carbocycles. The highest BCUT2D eigenvalue weighted by Gasteiger charge is 2.20. The summed E-state index contributed by atoms with van der Waals surface area (Å²) >= 11 is 3.84. The number of hydrogen-bond donors (Lipinski definition) is 0. The summed E-state index contributed by atoms with van der Waals surface area (Å²) in [5.74, 6) is 2.84. The van der Waals surface area contributed by atoms with E-state index >= 15 is 0 Å². The molecule has 0 aromatic rings. The Morgan fingerprint density at radius 2 is 1.00 bits per heavy atom. The Morgan fingerprint density at radius 3 is 1.27 bits per heavy atom. The second kappa shape index (κ2) is 10.7. The molecule has 2 nitrogen and oxygen atoms in total. The summed E-state index contributed by atoms with van der Waals surface area (Å²) in [6.07, 6.45) is 6.31. The van der Waals surface area contributed by atoms with E-state index in [1.165, 1.54) is 25.7 Å². The minimum absolute atomic E-state index is 0.0817. The van der Waals surface area contributed by atoms with E-state index in [9.17, 15) is 9.59 Å². The van der Waals surface area contributed by atoms with Crippen molar-refractivity contribution in [2.45, 2.75) is 89.6 Å². The second-order valence-corrected chi connectivity index (χ2v) is 11.0. The molecule has 0 aliphatic rings. The van der Waals surface area contributed by atoms with Gasteiger partial charge in [0.05, 0.1) is 0 Å². The highest BCUT2D eigenvalue weighted by Crippen LogP contribution is 2.30. The van der Waals surface area contributed by atoms with Crippen LogP contribution in [0.15, 0.2) is 0 Å². The van der Waals surface area contributed by atoms with Gasteiger partial charge in [-0.3, -0.25) is 9.59 Å². The van der Waals surface area contributed by atoms with Gasteiger partial charge < -0.3 is 0 Å². The van der Waals surface area contributed by atoms with Gasteiger partial charge in [0.25, 0.3) is 0 Å². The van der Waals surface area contributed by atoms with E-state index in [0.717, 1.165) is 11.5 Å². The van der Waals surface area contributed by atoms with Gasteiger partial charge in [-0.25, -0.2) is 0 Å². The third kappa shape index (κ3) is 13.7. The number of carbonyl (C=O) groups is 2. The smallest absolute Gasteiger partial charge is 0.131 e. The van der Waals surface area contributed by atoms with Gasteiger partial charge in [0, 0.05) is 22.3 Å². The molecule has 0 aromatic heterocycles. The topological polar surface area (TPSA) is 34.1 Å². The zero-order chi connectivity index (χ0) is 17.2. The van der Waals surface area contributed by atoms with Crippen molar-refractivity contribution in [3.05, 3.63) is 0 Å². The summed E-state index contributed by atoms with van der Waals surface area (Å²) in [5.41, 5.74) is 0. The molecule has 0 atom stereocenters. The summed E-state index contributed by atoms with van der Waals surface area (Å²) in [4.78, 5) is 22.4. The van der Waals surface area contributed by atoms with Crippen molar-refractivity contribution < 1.29 is 9.59 Å². The van der Waals surface area contributed by atoms with Gasteiger partial charge in [-0.2, -0.15) is 23.5 Å². The van der Waals surface area contributed by atoms with Crippen LogP contribution < -0.4 is 0 Å². The number of unbranched alkanes of at least 4 members (excludes halogenated alkanes) is 3. The molecule has 0 bridgehead atoms. The molecule has 0 unspecified atom stereocenters. The van der Waals surface area contributed by atoms with Crippen LogP contribution in [0.3, 0.4) is 0 Å². The Balaban J connectivity index is 3.59. The fourth-order valence-corrected chi connectivity index (χ4v) is 4.97. The largest absolute Gasteiger partial charge is 0.300 e. The lowest BCUT2D eigenvalue weighted by Crippen LogP contribution is -2.19. The number of hydrogen-bond acceptors (Lipinski definition) is 4. The Morgan fingerprint density at radius 1 is 0.682 bits per heavy atom. The van der Waals surface area contributed by atoms with E-state index in [2.05, 4.69) is 27.7 Å². The molecule has 22 heavy (non-hydrogen) atoms. The van der Waals surface area contributed by atoms with Gasteiger partial charge in [-0.05, 0) is 38.2 Å². The average Bonchev–Trinajstić information content (AvgIpc) is 2.28. The van der Waals surface area contributed by atoms with Gasteiger partial charge in [-0.1, -0.05) is 40.5 Å². The van der Waals surface area contributed by atoms with Crippen molar-refractivity contribution in [2.75, 3.05) is 11.5 Å². The minimum atomic E-state index is 0.0817. The number of carbonyl (C=O) groups excluding carboxylic acids is 2. The predicted molar refractivity (Wildman–Crippen MR) is 102 cm³/mol. The van der Waals surface area contributed by atoms with E-state index in [1.54, 1.807) is 13.8 Å². The summed E-state index contributed by atoms with van der Waals surface area (Å²) < 4.78 is 0.163. The lowest BCUT2D eigenvalue weighted by molar-refractivity contribution is -0.118. The van der Waals surface area contributed by atoms with Crippen molar-refractivity contribution in [2.24, 2.45) is 0 Å². The highest BCUT2D eigenvalue weighted by molar-refractivity contribution is 8.00. The van der Waals surface area contributed by atoms with Gasteiger partial charge >= 0.3 is 0 Å². The fourth-order valence-electron chi connectivity index (χ4n) is 2.56. The number of ketones is 2. The first-order chi connectivity index (χ1) is 10.0. The lowest BCUT2D eigenvalue weighted by atomic mass is 10.1. The van der Waals surface area contributed by atoms with E-state index in [-0.39, 0.29) is 21.1 Å². The summed E-state index contributed by atoms with van der Waals surface area (Å²) in [6.45, 7) is 12.0. The monoisotopic (exact) mass is 346 g/mol. The lowest BCUT2D eigenvalue weighted by Gasteiger charge is -2.23. The van der Waals surface area contributed by atoms with Crippen molar-refractivity contribution in [3.63, 3.8) is 0 Å². The van der Waals surface area contributed by atoms with Gasteiger partial charge in [0.15, 0.2) is 0 Å². The van der Waals surface area contributed by atoms with Gasteiger partial charge in [0.1, 0.15) is 11.6 Å². The molecular weight excluding hydrogens is 312 g/mol. The molecule has 0 aliphatic carbocycles. The standard InChI is InChI=1S/C18H34O2S2/c1-15(19)13-17(3,4)21-11-9-7-8-10-12-22-18(5,6)14-16(2)20/h7-14H2,1-6H3. The number of Topliss-reactive ketones (excluding diaryl/α,β-unsaturated/α-hetero) is 2. The molecule has 0 amide bonds. The minimum Gasteiger partial charge on any atom is -0.300 e. The molecule has 0 aliphatic heterocycles. The Hall–Kier alpha value is 0.0400. The zero-order valence-electron chi connectivity index (χ0n) is 15.3. The Kier molecular flexibility index (Phi) is 10.8. The van der Waals surface area contributed by atoms with Crippen LogP contribution in [0.5, 0.6) is 0 Å². The molecule has 0 radical (unpaired) electrons. The van der Waals surface area contributed by atoms with Crippen LogP contribution >= 0.6 is 23.5 Å². The third-order valence-electron chi connectivity index (χ3n) is 3.37. The third-order valence-corrected chi connectivity index (χ3v) is 6.21. The molecule has 130 valence electrons. The van der Waals surface area contributed by atoms with Crippen LogP contribution in [-0.4, -0.2) is 32.6 Å². The van der Waals surface area contributed by atoms with Gasteiger partial charge in [0.2, 0.25) is 0 Å². The first kappa shape index (κ1) is 22.0. The molecule has 0 spiro atoms. The zero-order valence-corrected chi connectivity index (χ0v) is 16.9. The molecule has 0 saturated heterocycles. The van der Waals surface area contributed by atoms with Crippen molar-refractivity contribution >= 4 is 35.1 Å². The molecule has 0 heterocycles.